The average Bonchev–Trinajstić information content (AvgIpc) is 2.85. The number of likely N-dealkylation sites (tertiary alicyclic amines) is 1. The predicted octanol–water partition coefficient (Wildman–Crippen LogP) is 0.856. The maximum absolute atomic E-state index is 13.7. The van der Waals surface area contributed by atoms with Crippen LogP contribution in [0.25, 0.3) is 0 Å². The molecule has 0 bridgehead atoms. The molecule has 118 valence electrons. The third-order valence-electron chi connectivity index (χ3n) is 3.84. The molecule has 2 rings (SSSR count). The lowest BCUT2D eigenvalue weighted by Gasteiger charge is -2.13. The summed E-state index contributed by atoms with van der Waals surface area (Å²) in [5.41, 5.74) is 0.207. The number of aliphatic hydroxyl groups excluding tert-OH is 1. The van der Waals surface area contributed by atoms with Crippen molar-refractivity contribution in [1.82, 2.24) is 9.62 Å². The molecular formula is C14H21FN2O3S. The maximum Gasteiger partial charge on any atom is 0.240 e. The van der Waals surface area contributed by atoms with Crippen LogP contribution in [-0.4, -0.2) is 45.1 Å². The Hall–Kier alpha value is -1.02. The van der Waals surface area contributed by atoms with E-state index in [9.17, 15) is 12.8 Å². The summed E-state index contributed by atoms with van der Waals surface area (Å²) in [5, 5.41) is 9.10. The fraction of sp³-hybridized carbons (Fsp3) is 0.571. The van der Waals surface area contributed by atoms with Crippen molar-refractivity contribution in [3.8, 4) is 0 Å². The Morgan fingerprint density at radius 2 is 2.19 bits per heavy atom. The van der Waals surface area contributed by atoms with Gasteiger partial charge in [-0.15, -0.1) is 0 Å². The zero-order valence-electron chi connectivity index (χ0n) is 12.3. The lowest BCUT2D eigenvalue weighted by Crippen LogP contribution is -2.30. The van der Waals surface area contributed by atoms with Crippen LogP contribution in [0.1, 0.15) is 17.5 Å². The van der Waals surface area contributed by atoms with E-state index in [1.54, 1.807) is 0 Å². The first-order valence-electron chi connectivity index (χ1n) is 6.91. The molecule has 7 heteroatoms. The van der Waals surface area contributed by atoms with Crippen LogP contribution in [0, 0.1) is 18.7 Å². The Kier molecular flexibility index (Phi) is 4.98. The van der Waals surface area contributed by atoms with Gasteiger partial charge in [-0.1, -0.05) is 0 Å². The molecule has 1 unspecified atom stereocenters. The van der Waals surface area contributed by atoms with Crippen LogP contribution in [0.15, 0.2) is 17.0 Å². The SMILES string of the molecule is Cc1cc(S(=O)(=O)NCC2CCN(C)C2)cc(CO)c1F. The van der Waals surface area contributed by atoms with Crippen LogP contribution in [0.3, 0.4) is 0 Å². The number of halogens is 1. The predicted molar refractivity (Wildman–Crippen MR) is 77.9 cm³/mol. The molecular weight excluding hydrogens is 295 g/mol. The van der Waals surface area contributed by atoms with Crippen LogP contribution in [0.4, 0.5) is 4.39 Å². The van der Waals surface area contributed by atoms with E-state index in [4.69, 9.17) is 5.11 Å². The van der Waals surface area contributed by atoms with Gasteiger partial charge in [0.05, 0.1) is 11.5 Å². The Bertz CT molecular complexity index is 619. The zero-order valence-corrected chi connectivity index (χ0v) is 13.1. The monoisotopic (exact) mass is 316 g/mol. The van der Waals surface area contributed by atoms with Gasteiger partial charge in [0.1, 0.15) is 5.82 Å². The van der Waals surface area contributed by atoms with Gasteiger partial charge in [0.25, 0.3) is 0 Å². The smallest absolute Gasteiger partial charge is 0.240 e. The van der Waals surface area contributed by atoms with Crippen LogP contribution >= 0.6 is 0 Å². The van der Waals surface area contributed by atoms with Gasteiger partial charge in [0, 0.05) is 18.7 Å². The summed E-state index contributed by atoms with van der Waals surface area (Å²) in [6, 6.07) is 2.48. The summed E-state index contributed by atoms with van der Waals surface area (Å²) >= 11 is 0. The molecule has 21 heavy (non-hydrogen) atoms. The number of aliphatic hydroxyl groups is 1. The number of sulfonamides is 1. The van der Waals surface area contributed by atoms with Crippen molar-refractivity contribution in [2.24, 2.45) is 5.92 Å². The van der Waals surface area contributed by atoms with E-state index in [2.05, 4.69) is 9.62 Å². The Morgan fingerprint density at radius 3 is 2.76 bits per heavy atom. The fourth-order valence-electron chi connectivity index (χ4n) is 2.58. The van der Waals surface area contributed by atoms with E-state index in [-0.39, 0.29) is 16.0 Å². The number of aryl methyl sites for hydroxylation is 1. The van der Waals surface area contributed by atoms with Crippen molar-refractivity contribution >= 4 is 10.0 Å². The number of benzene rings is 1. The largest absolute Gasteiger partial charge is 0.392 e. The Labute approximate surface area is 124 Å². The summed E-state index contributed by atoms with van der Waals surface area (Å²) in [5.74, 6) is -0.266. The highest BCUT2D eigenvalue weighted by Gasteiger charge is 2.23. The number of hydrogen-bond acceptors (Lipinski definition) is 4. The second kappa shape index (κ2) is 6.39. The molecule has 0 spiro atoms. The van der Waals surface area contributed by atoms with Gasteiger partial charge in [0.2, 0.25) is 10.0 Å². The van der Waals surface area contributed by atoms with Crippen molar-refractivity contribution < 1.29 is 17.9 Å². The molecule has 1 aliphatic rings. The average molecular weight is 316 g/mol. The standard InChI is InChI=1S/C14H21FN2O3S/c1-10-5-13(6-12(9-18)14(10)15)21(19,20)16-7-11-3-4-17(2)8-11/h5-6,11,16,18H,3-4,7-9H2,1-2H3. The molecule has 1 aliphatic heterocycles. The van der Waals surface area contributed by atoms with E-state index in [1.165, 1.54) is 19.1 Å². The molecule has 1 fully saturated rings. The minimum atomic E-state index is -3.68. The van der Waals surface area contributed by atoms with Crippen molar-refractivity contribution in [3.63, 3.8) is 0 Å². The Balaban J connectivity index is 2.14. The first kappa shape index (κ1) is 16.4. The zero-order chi connectivity index (χ0) is 15.6. The van der Waals surface area contributed by atoms with Crippen LogP contribution in [-0.2, 0) is 16.6 Å². The first-order chi connectivity index (χ1) is 9.83. The van der Waals surface area contributed by atoms with E-state index in [0.29, 0.717) is 12.5 Å². The molecule has 1 heterocycles. The van der Waals surface area contributed by atoms with Crippen molar-refractivity contribution in [2.45, 2.75) is 24.8 Å². The normalized spacial score (nSPS) is 20.1. The van der Waals surface area contributed by atoms with Crippen molar-refractivity contribution in [1.29, 1.82) is 0 Å². The summed E-state index contributed by atoms with van der Waals surface area (Å²) in [6.45, 7) is 3.17. The van der Waals surface area contributed by atoms with Crippen LogP contribution in [0.5, 0.6) is 0 Å². The number of nitrogens with zero attached hydrogens (tertiary/aromatic N) is 1. The summed E-state index contributed by atoms with van der Waals surface area (Å²) in [6.07, 6.45) is 0.962. The molecule has 0 amide bonds. The second-order valence-corrected chi connectivity index (χ2v) is 7.41. The van der Waals surface area contributed by atoms with Gasteiger partial charge < -0.3 is 10.0 Å². The lowest BCUT2D eigenvalue weighted by molar-refractivity contribution is 0.275. The van der Waals surface area contributed by atoms with E-state index >= 15 is 0 Å². The van der Waals surface area contributed by atoms with E-state index in [0.717, 1.165) is 19.5 Å². The molecule has 1 aromatic rings. The first-order valence-corrected chi connectivity index (χ1v) is 8.40. The van der Waals surface area contributed by atoms with Gasteiger partial charge in [-0.3, -0.25) is 0 Å². The third kappa shape index (κ3) is 3.79. The van der Waals surface area contributed by atoms with Gasteiger partial charge in [-0.05, 0) is 50.6 Å². The molecule has 0 aliphatic carbocycles. The number of hydrogen-bond donors (Lipinski definition) is 2. The van der Waals surface area contributed by atoms with Crippen LogP contribution < -0.4 is 4.72 Å². The second-order valence-electron chi connectivity index (χ2n) is 5.64. The number of rotatable bonds is 5. The minimum Gasteiger partial charge on any atom is -0.392 e. The topological polar surface area (TPSA) is 69.6 Å². The maximum atomic E-state index is 13.7. The molecule has 1 saturated heterocycles. The molecule has 0 saturated carbocycles. The molecule has 0 aromatic heterocycles. The summed E-state index contributed by atoms with van der Waals surface area (Å²) < 4.78 is 40.8. The molecule has 1 atom stereocenters. The fourth-order valence-corrected chi connectivity index (χ4v) is 3.83. The molecule has 1 aromatic carbocycles. The highest BCUT2D eigenvalue weighted by atomic mass is 32.2. The van der Waals surface area contributed by atoms with Gasteiger partial charge in [-0.25, -0.2) is 17.5 Å². The summed E-state index contributed by atoms with van der Waals surface area (Å²) in [7, 11) is -1.68. The third-order valence-corrected chi connectivity index (χ3v) is 5.24. The van der Waals surface area contributed by atoms with Crippen molar-refractivity contribution in [2.75, 3.05) is 26.7 Å². The highest BCUT2D eigenvalue weighted by Crippen LogP contribution is 2.20. The molecule has 2 N–H and O–H groups in total. The van der Waals surface area contributed by atoms with E-state index in [1.807, 2.05) is 7.05 Å². The number of nitrogens with one attached hydrogen (secondary N) is 1. The Morgan fingerprint density at radius 1 is 1.48 bits per heavy atom. The van der Waals surface area contributed by atoms with E-state index < -0.39 is 22.4 Å². The molecule has 5 nitrogen and oxygen atoms in total. The van der Waals surface area contributed by atoms with Crippen LogP contribution in [0.2, 0.25) is 0 Å². The highest BCUT2D eigenvalue weighted by molar-refractivity contribution is 7.89. The van der Waals surface area contributed by atoms with Crippen molar-refractivity contribution in [3.05, 3.63) is 29.1 Å². The quantitative estimate of drug-likeness (QED) is 0.845. The lowest BCUT2D eigenvalue weighted by atomic mass is 10.1. The molecule has 0 radical (unpaired) electrons. The van der Waals surface area contributed by atoms with Gasteiger partial charge in [-0.2, -0.15) is 0 Å². The minimum absolute atomic E-state index is 0.00296. The van der Waals surface area contributed by atoms with Gasteiger partial charge >= 0.3 is 0 Å². The summed E-state index contributed by atoms with van der Waals surface area (Å²) in [4.78, 5) is 2.15. The van der Waals surface area contributed by atoms with Gasteiger partial charge in [0.15, 0.2) is 0 Å².